The first-order valence-electron chi connectivity index (χ1n) is 4.07. The van der Waals surface area contributed by atoms with Crippen LogP contribution in [0.3, 0.4) is 0 Å². The van der Waals surface area contributed by atoms with Crippen molar-refractivity contribution in [1.82, 2.24) is 4.98 Å². The molecule has 0 aliphatic carbocycles. The molecule has 2 heterocycles. The maximum Gasteiger partial charge on any atom is 0.185 e. The van der Waals surface area contributed by atoms with Crippen LogP contribution in [0.5, 0.6) is 0 Å². The number of pyridine rings is 1. The van der Waals surface area contributed by atoms with E-state index in [9.17, 15) is 4.79 Å². The quantitative estimate of drug-likeness (QED) is 0.728. The maximum absolute atomic E-state index is 10.4. The molecule has 0 radical (unpaired) electrons. The molecule has 70 valence electrons. The van der Waals surface area contributed by atoms with Crippen LogP contribution < -0.4 is 5.73 Å². The molecule has 0 saturated carbocycles. The highest BCUT2D eigenvalue weighted by Crippen LogP contribution is 2.24. The Labute approximate surface area is 80.4 Å². The van der Waals surface area contributed by atoms with Gasteiger partial charge in [0.15, 0.2) is 17.8 Å². The van der Waals surface area contributed by atoms with Crippen LogP contribution in [0, 0.1) is 0 Å². The van der Waals surface area contributed by atoms with Gasteiger partial charge in [-0.05, 0) is 24.3 Å². The van der Waals surface area contributed by atoms with Crippen LogP contribution in [0.1, 0.15) is 10.6 Å². The van der Waals surface area contributed by atoms with Gasteiger partial charge in [-0.3, -0.25) is 9.78 Å². The van der Waals surface area contributed by atoms with Gasteiger partial charge in [0.05, 0.1) is 5.69 Å². The van der Waals surface area contributed by atoms with E-state index in [2.05, 4.69) is 4.98 Å². The van der Waals surface area contributed by atoms with Gasteiger partial charge in [-0.15, -0.1) is 0 Å². The summed E-state index contributed by atoms with van der Waals surface area (Å²) in [5.74, 6) is 0.773. The minimum absolute atomic E-state index is 0.269. The zero-order valence-electron chi connectivity index (χ0n) is 7.31. The highest BCUT2D eigenvalue weighted by molar-refractivity contribution is 5.74. The Hall–Kier alpha value is -2.10. The lowest BCUT2D eigenvalue weighted by Crippen LogP contribution is -1.90. The van der Waals surface area contributed by atoms with Gasteiger partial charge in [-0.25, -0.2) is 0 Å². The summed E-state index contributed by atoms with van der Waals surface area (Å²) >= 11 is 0. The second-order valence-corrected chi connectivity index (χ2v) is 2.76. The third-order valence-electron chi connectivity index (χ3n) is 1.82. The second-order valence-electron chi connectivity index (χ2n) is 2.76. The van der Waals surface area contributed by atoms with Crippen molar-refractivity contribution in [3.63, 3.8) is 0 Å². The molecular formula is C10H8N2O2. The van der Waals surface area contributed by atoms with Crippen molar-refractivity contribution < 1.29 is 9.21 Å². The van der Waals surface area contributed by atoms with E-state index in [1.165, 1.54) is 0 Å². The number of carbonyl (C=O) groups excluding carboxylic acids is 1. The van der Waals surface area contributed by atoms with Crippen molar-refractivity contribution in [2.75, 3.05) is 5.73 Å². The summed E-state index contributed by atoms with van der Waals surface area (Å²) in [4.78, 5) is 14.5. The van der Waals surface area contributed by atoms with Crippen LogP contribution in [0.25, 0.3) is 11.5 Å². The summed E-state index contributed by atoms with van der Waals surface area (Å²) in [7, 11) is 0. The average Bonchev–Trinajstić information content (AvgIpc) is 2.67. The SMILES string of the molecule is Nc1cccnc1-c1ccc(C=O)o1. The minimum atomic E-state index is 0.269. The molecule has 0 saturated heterocycles. The molecule has 2 N–H and O–H groups in total. The Morgan fingerprint density at radius 3 is 2.86 bits per heavy atom. The largest absolute Gasteiger partial charge is 0.452 e. The van der Waals surface area contributed by atoms with Crippen LogP contribution in [-0.2, 0) is 0 Å². The number of furan rings is 1. The molecule has 4 nitrogen and oxygen atoms in total. The van der Waals surface area contributed by atoms with Crippen molar-refractivity contribution in [1.29, 1.82) is 0 Å². The van der Waals surface area contributed by atoms with Crippen molar-refractivity contribution in [2.45, 2.75) is 0 Å². The van der Waals surface area contributed by atoms with E-state index < -0.39 is 0 Å². The Balaban J connectivity index is 2.49. The maximum atomic E-state index is 10.4. The van der Waals surface area contributed by atoms with Crippen molar-refractivity contribution >= 4 is 12.0 Å². The van der Waals surface area contributed by atoms with Gasteiger partial charge < -0.3 is 10.2 Å². The van der Waals surface area contributed by atoms with E-state index in [4.69, 9.17) is 10.2 Å². The highest BCUT2D eigenvalue weighted by atomic mass is 16.3. The van der Waals surface area contributed by atoms with E-state index in [1.54, 1.807) is 30.5 Å². The molecular weight excluding hydrogens is 180 g/mol. The fourth-order valence-electron chi connectivity index (χ4n) is 1.17. The third-order valence-corrected chi connectivity index (χ3v) is 1.82. The van der Waals surface area contributed by atoms with Gasteiger partial charge >= 0.3 is 0 Å². The number of nitrogens with two attached hydrogens (primary N) is 1. The number of carbonyl (C=O) groups is 1. The average molecular weight is 188 g/mol. The Morgan fingerprint density at radius 1 is 1.36 bits per heavy atom. The molecule has 4 heteroatoms. The number of nitrogens with zero attached hydrogens (tertiary/aromatic N) is 1. The van der Waals surface area contributed by atoms with Crippen LogP contribution in [-0.4, -0.2) is 11.3 Å². The monoisotopic (exact) mass is 188 g/mol. The van der Waals surface area contributed by atoms with Gasteiger partial charge in [-0.1, -0.05) is 0 Å². The van der Waals surface area contributed by atoms with Crippen LogP contribution in [0.4, 0.5) is 5.69 Å². The third kappa shape index (κ3) is 1.37. The Bertz CT molecular complexity index is 463. The molecule has 0 bridgehead atoms. The first kappa shape index (κ1) is 8.50. The molecule has 0 aliphatic rings. The summed E-state index contributed by atoms with van der Waals surface area (Å²) in [5, 5.41) is 0. The van der Waals surface area contributed by atoms with E-state index in [-0.39, 0.29) is 5.76 Å². The molecule has 0 amide bonds. The van der Waals surface area contributed by atoms with E-state index in [1.807, 2.05) is 0 Å². The predicted molar refractivity (Wildman–Crippen MR) is 51.7 cm³/mol. The number of aldehydes is 1. The zero-order chi connectivity index (χ0) is 9.97. The molecule has 0 unspecified atom stereocenters. The number of hydrogen-bond acceptors (Lipinski definition) is 4. The van der Waals surface area contributed by atoms with E-state index >= 15 is 0 Å². The molecule has 0 atom stereocenters. The molecule has 2 aromatic heterocycles. The highest BCUT2D eigenvalue weighted by Gasteiger charge is 2.07. The number of hydrogen-bond donors (Lipinski definition) is 1. The van der Waals surface area contributed by atoms with E-state index in [0.29, 0.717) is 23.4 Å². The molecule has 14 heavy (non-hydrogen) atoms. The molecule has 0 aliphatic heterocycles. The summed E-state index contributed by atoms with van der Waals surface area (Å²) < 4.78 is 5.19. The standard InChI is InChI=1S/C10H8N2O2/c11-8-2-1-5-12-10(8)9-4-3-7(6-13)14-9/h1-6H,11H2. The van der Waals surface area contributed by atoms with Crippen molar-refractivity contribution in [3.05, 3.63) is 36.2 Å². The van der Waals surface area contributed by atoms with E-state index in [0.717, 1.165) is 0 Å². The minimum Gasteiger partial charge on any atom is -0.452 e. The number of anilines is 1. The van der Waals surface area contributed by atoms with Crippen molar-refractivity contribution in [3.8, 4) is 11.5 Å². The molecule has 0 aromatic carbocycles. The number of nitrogen functional groups attached to an aromatic ring is 1. The van der Waals surface area contributed by atoms with Crippen LogP contribution >= 0.6 is 0 Å². The second kappa shape index (κ2) is 3.33. The van der Waals surface area contributed by atoms with Gasteiger partial charge in [0.25, 0.3) is 0 Å². The lowest BCUT2D eigenvalue weighted by atomic mass is 10.2. The molecule has 2 rings (SSSR count). The Morgan fingerprint density at radius 2 is 2.21 bits per heavy atom. The first-order chi connectivity index (χ1) is 6.81. The van der Waals surface area contributed by atoms with Gasteiger partial charge in [0, 0.05) is 6.20 Å². The fraction of sp³-hybridized carbons (Fsp3) is 0. The van der Waals surface area contributed by atoms with Crippen molar-refractivity contribution in [2.24, 2.45) is 0 Å². The first-order valence-corrected chi connectivity index (χ1v) is 4.07. The number of aromatic nitrogens is 1. The number of rotatable bonds is 2. The van der Waals surface area contributed by atoms with Crippen LogP contribution in [0.15, 0.2) is 34.9 Å². The molecule has 2 aromatic rings. The summed E-state index contributed by atoms with van der Waals surface area (Å²) in [6, 6.07) is 6.72. The topological polar surface area (TPSA) is 69.1 Å². The van der Waals surface area contributed by atoms with Gasteiger partial charge in [0.2, 0.25) is 0 Å². The lowest BCUT2D eigenvalue weighted by molar-refractivity contribution is 0.110. The summed E-state index contributed by atoms with van der Waals surface area (Å²) in [5.41, 5.74) is 6.78. The molecule has 0 fully saturated rings. The molecule has 0 spiro atoms. The smallest absolute Gasteiger partial charge is 0.185 e. The predicted octanol–water partition coefficient (Wildman–Crippen LogP) is 1.74. The Kier molecular flexibility index (Phi) is 2.02. The summed E-state index contributed by atoms with van der Waals surface area (Å²) in [6.45, 7) is 0. The summed E-state index contributed by atoms with van der Waals surface area (Å²) in [6.07, 6.45) is 2.26. The van der Waals surface area contributed by atoms with Gasteiger partial charge in [-0.2, -0.15) is 0 Å². The van der Waals surface area contributed by atoms with Crippen LogP contribution in [0.2, 0.25) is 0 Å². The lowest BCUT2D eigenvalue weighted by Gasteiger charge is -1.98. The normalized spacial score (nSPS) is 10.0. The fourth-order valence-corrected chi connectivity index (χ4v) is 1.17. The zero-order valence-corrected chi connectivity index (χ0v) is 7.31. The van der Waals surface area contributed by atoms with Gasteiger partial charge in [0.1, 0.15) is 5.69 Å².